The van der Waals surface area contributed by atoms with Crippen LogP contribution in [0, 0.1) is 13.8 Å². The number of benzene rings is 2. The number of carbonyl (C=O) groups is 1. The highest BCUT2D eigenvalue weighted by Crippen LogP contribution is 2.31. The van der Waals surface area contributed by atoms with Crippen LogP contribution >= 0.6 is 0 Å². The predicted molar refractivity (Wildman–Crippen MR) is 101 cm³/mol. The number of aromatic nitrogens is 1. The molecule has 0 radical (unpaired) electrons. The molecule has 0 atom stereocenters. The second-order valence-corrected chi connectivity index (χ2v) is 6.66. The van der Waals surface area contributed by atoms with E-state index in [1.807, 2.05) is 50.2 Å². The Kier molecular flexibility index (Phi) is 4.45. The standard InChI is InChI=1S/C21H22N2O2/c1-13-5-7-16(20(24)9-13)19-10-14(2)17-11-15(6-8-18(17)22-19)12-21(25)23(3)4/h5-11,24H,12H2,1-4H3. The summed E-state index contributed by atoms with van der Waals surface area (Å²) in [5.74, 6) is 0.311. The zero-order valence-corrected chi connectivity index (χ0v) is 15.0. The van der Waals surface area contributed by atoms with Gasteiger partial charge in [0.1, 0.15) is 5.75 Å². The van der Waals surface area contributed by atoms with Crippen molar-refractivity contribution in [3.05, 3.63) is 59.2 Å². The molecule has 1 aromatic heterocycles. The van der Waals surface area contributed by atoms with Crippen LogP contribution in [-0.4, -0.2) is 35.0 Å². The summed E-state index contributed by atoms with van der Waals surface area (Å²) >= 11 is 0. The molecule has 2 aromatic carbocycles. The van der Waals surface area contributed by atoms with E-state index in [0.29, 0.717) is 6.42 Å². The molecule has 0 unspecified atom stereocenters. The zero-order valence-electron chi connectivity index (χ0n) is 15.0. The highest BCUT2D eigenvalue weighted by molar-refractivity contribution is 5.87. The summed E-state index contributed by atoms with van der Waals surface area (Å²) in [5, 5.41) is 11.2. The van der Waals surface area contributed by atoms with Gasteiger partial charge in [0.25, 0.3) is 0 Å². The second kappa shape index (κ2) is 6.55. The van der Waals surface area contributed by atoms with Crippen molar-refractivity contribution in [2.45, 2.75) is 20.3 Å². The third-order valence-corrected chi connectivity index (χ3v) is 4.36. The lowest BCUT2D eigenvalue weighted by atomic mass is 10.0. The number of nitrogens with zero attached hydrogens (tertiary/aromatic N) is 2. The van der Waals surface area contributed by atoms with Crippen LogP contribution in [0.4, 0.5) is 0 Å². The van der Waals surface area contributed by atoms with E-state index in [0.717, 1.165) is 38.9 Å². The molecular weight excluding hydrogens is 312 g/mol. The number of carbonyl (C=O) groups excluding carboxylic acids is 1. The van der Waals surface area contributed by atoms with Crippen molar-refractivity contribution < 1.29 is 9.90 Å². The minimum Gasteiger partial charge on any atom is -0.507 e. The number of pyridine rings is 1. The van der Waals surface area contributed by atoms with Gasteiger partial charge in [-0.2, -0.15) is 0 Å². The van der Waals surface area contributed by atoms with E-state index in [2.05, 4.69) is 0 Å². The number of aromatic hydroxyl groups is 1. The maximum absolute atomic E-state index is 11.9. The van der Waals surface area contributed by atoms with Crippen molar-refractivity contribution in [2.24, 2.45) is 0 Å². The summed E-state index contributed by atoms with van der Waals surface area (Å²) in [6, 6.07) is 13.5. The van der Waals surface area contributed by atoms with Gasteiger partial charge in [0, 0.05) is 25.0 Å². The number of aryl methyl sites for hydroxylation is 2. The monoisotopic (exact) mass is 334 g/mol. The molecular formula is C21H22N2O2. The molecule has 0 saturated heterocycles. The quantitative estimate of drug-likeness (QED) is 0.791. The van der Waals surface area contributed by atoms with Gasteiger partial charge in [-0.1, -0.05) is 12.1 Å². The number of phenolic OH excluding ortho intramolecular Hbond substituents is 1. The van der Waals surface area contributed by atoms with Gasteiger partial charge in [-0.15, -0.1) is 0 Å². The van der Waals surface area contributed by atoms with Gasteiger partial charge >= 0.3 is 0 Å². The van der Waals surface area contributed by atoms with E-state index in [9.17, 15) is 9.90 Å². The number of likely N-dealkylation sites (N-methyl/N-ethyl adjacent to an activating group) is 1. The molecule has 4 nitrogen and oxygen atoms in total. The molecule has 4 heteroatoms. The van der Waals surface area contributed by atoms with Crippen LogP contribution in [0.1, 0.15) is 16.7 Å². The number of hydrogen-bond acceptors (Lipinski definition) is 3. The fourth-order valence-electron chi connectivity index (χ4n) is 2.88. The van der Waals surface area contributed by atoms with Gasteiger partial charge in [-0.3, -0.25) is 4.79 Å². The van der Waals surface area contributed by atoms with Crippen molar-refractivity contribution in [2.75, 3.05) is 14.1 Å². The largest absolute Gasteiger partial charge is 0.507 e. The fourth-order valence-corrected chi connectivity index (χ4v) is 2.88. The second-order valence-electron chi connectivity index (χ2n) is 6.66. The highest BCUT2D eigenvalue weighted by atomic mass is 16.3. The third-order valence-electron chi connectivity index (χ3n) is 4.36. The van der Waals surface area contributed by atoms with E-state index in [-0.39, 0.29) is 11.7 Å². The summed E-state index contributed by atoms with van der Waals surface area (Å²) in [6.45, 7) is 3.97. The van der Waals surface area contributed by atoms with Crippen molar-refractivity contribution >= 4 is 16.8 Å². The molecule has 0 aliphatic heterocycles. The Morgan fingerprint density at radius 2 is 1.84 bits per heavy atom. The number of rotatable bonds is 3. The lowest BCUT2D eigenvalue weighted by molar-refractivity contribution is -0.127. The molecule has 0 fully saturated rings. The van der Waals surface area contributed by atoms with Gasteiger partial charge in [-0.25, -0.2) is 4.98 Å². The number of fused-ring (bicyclic) bond motifs is 1. The topological polar surface area (TPSA) is 53.4 Å². The first-order chi connectivity index (χ1) is 11.8. The molecule has 0 bridgehead atoms. The van der Waals surface area contributed by atoms with E-state index < -0.39 is 0 Å². The molecule has 3 rings (SSSR count). The molecule has 3 aromatic rings. The summed E-state index contributed by atoms with van der Waals surface area (Å²) in [6.07, 6.45) is 0.378. The number of phenols is 1. The van der Waals surface area contributed by atoms with Gasteiger partial charge in [0.15, 0.2) is 0 Å². The molecule has 1 amide bonds. The summed E-state index contributed by atoms with van der Waals surface area (Å²) in [4.78, 5) is 18.2. The van der Waals surface area contributed by atoms with E-state index in [1.165, 1.54) is 0 Å². The Hall–Kier alpha value is -2.88. The number of amides is 1. The van der Waals surface area contributed by atoms with Crippen molar-refractivity contribution in [1.29, 1.82) is 0 Å². The predicted octanol–water partition coefficient (Wildman–Crippen LogP) is 3.85. The Labute approximate surface area is 147 Å². The van der Waals surface area contributed by atoms with Crippen molar-refractivity contribution in [1.82, 2.24) is 9.88 Å². The molecule has 128 valence electrons. The van der Waals surface area contributed by atoms with Crippen LogP contribution in [0.5, 0.6) is 5.75 Å². The Morgan fingerprint density at radius 3 is 2.52 bits per heavy atom. The SMILES string of the molecule is Cc1ccc(-c2cc(C)c3cc(CC(=O)N(C)C)ccc3n2)c(O)c1. The van der Waals surface area contributed by atoms with Crippen LogP contribution < -0.4 is 0 Å². The molecule has 0 saturated carbocycles. The molecule has 0 aliphatic carbocycles. The van der Waals surface area contributed by atoms with Crippen molar-refractivity contribution in [3.8, 4) is 17.0 Å². The lowest BCUT2D eigenvalue weighted by Crippen LogP contribution is -2.23. The van der Waals surface area contributed by atoms with Gasteiger partial charge < -0.3 is 10.0 Å². The molecule has 1 heterocycles. The van der Waals surface area contributed by atoms with Gasteiger partial charge in [0.05, 0.1) is 17.6 Å². The maximum Gasteiger partial charge on any atom is 0.226 e. The fraction of sp³-hybridized carbons (Fsp3) is 0.238. The molecule has 0 spiro atoms. The van der Waals surface area contributed by atoms with Crippen LogP contribution in [-0.2, 0) is 11.2 Å². The first-order valence-electron chi connectivity index (χ1n) is 8.25. The minimum atomic E-state index is 0.0751. The molecule has 25 heavy (non-hydrogen) atoms. The minimum absolute atomic E-state index is 0.0751. The highest BCUT2D eigenvalue weighted by Gasteiger charge is 2.11. The number of hydrogen-bond donors (Lipinski definition) is 1. The Morgan fingerprint density at radius 1 is 1.08 bits per heavy atom. The first-order valence-corrected chi connectivity index (χ1v) is 8.25. The Balaban J connectivity index is 2.04. The van der Waals surface area contributed by atoms with Gasteiger partial charge in [-0.05, 0) is 60.9 Å². The average molecular weight is 334 g/mol. The first kappa shape index (κ1) is 17.0. The lowest BCUT2D eigenvalue weighted by Gasteiger charge is -2.12. The van der Waals surface area contributed by atoms with E-state index in [1.54, 1.807) is 25.1 Å². The van der Waals surface area contributed by atoms with Crippen LogP contribution in [0.15, 0.2) is 42.5 Å². The molecule has 0 aliphatic rings. The van der Waals surface area contributed by atoms with Gasteiger partial charge in [0.2, 0.25) is 5.91 Å². The third kappa shape index (κ3) is 3.48. The van der Waals surface area contributed by atoms with Crippen molar-refractivity contribution in [3.63, 3.8) is 0 Å². The average Bonchev–Trinajstić information content (AvgIpc) is 2.55. The Bertz CT molecular complexity index is 962. The smallest absolute Gasteiger partial charge is 0.226 e. The normalized spacial score (nSPS) is 10.9. The maximum atomic E-state index is 11.9. The van der Waals surface area contributed by atoms with Crippen LogP contribution in [0.3, 0.4) is 0 Å². The van der Waals surface area contributed by atoms with Crippen LogP contribution in [0.2, 0.25) is 0 Å². The molecule has 1 N–H and O–H groups in total. The summed E-state index contributed by atoms with van der Waals surface area (Å²) in [7, 11) is 3.52. The zero-order chi connectivity index (χ0) is 18.1. The summed E-state index contributed by atoms with van der Waals surface area (Å²) in [5.41, 5.74) is 5.38. The van der Waals surface area contributed by atoms with E-state index in [4.69, 9.17) is 4.98 Å². The van der Waals surface area contributed by atoms with Crippen LogP contribution in [0.25, 0.3) is 22.2 Å². The summed E-state index contributed by atoms with van der Waals surface area (Å²) < 4.78 is 0. The van der Waals surface area contributed by atoms with E-state index >= 15 is 0 Å².